The molecule has 1 saturated carbocycles. The molecule has 1 aromatic carbocycles. The average Bonchev–Trinajstić information content (AvgIpc) is 2.88. The van der Waals surface area contributed by atoms with Gasteiger partial charge in [0, 0.05) is 37.9 Å². The summed E-state index contributed by atoms with van der Waals surface area (Å²) in [7, 11) is 0. The molecule has 1 aromatic rings. The number of hydrogen-bond donors (Lipinski definition) is 1. The van der Waals surface area contributed by atoms with Gasteiger partial charge in [-0.15, -0.1) is 0 Å². The van der Waals surface area contributed by atoms with Crippen LogP contribution in [0.3, 0.4) is 0 Å². The van der Waals surface area contributed by atoms with Crippen LogP contribution in [-0.4, -0.2) is 48.3 Å². The zero-order valence-corrected chi connectivity index (χ0v) is 12.7. The van der Waals surface area contributed by atoms with E-state index in [4.69, 9.17) is 0 Å². The number of rotatable bonds is 2. The number of piperazine rings is 1. The third-order valence-corrected chi connectivity index (χ3v) is 5.14. The summed E-state index contributed by atoms with van der Waals surface area (Å²) in [4.78, 5) is 5.00. The maximum absolute atomic E-state index is 10.0. The number of aliphatic hydroxyl groups is 1. The van der Waals surface area contributed by atoms with Crippen LogP contribution in [0.5, 0.6) is 0 Å². The zero-order chi connectivity index (χ0) is 14.1. The summed E-state index contributed by atoms with van der Waals surface area (Å²) in [6.07, 6.45) is 3.25. The maximum atomic E-state index is 10.0. The van der Waals surface area contributed by atoms with Crippen molar-refractivity contribution in [3.63, 3.8) is 0 Å². The third kappa shape index (κ3) is 2.57. The van der Waals surface area contributed by atoms with E-state index in [1.165, 1.54) is 29.7 Å². The van der Waals surface area contributed by atoms with Crippen molar-refractivity contribution in [1.82, 2.24) is 4.90 Å². The molecule has 2 atom stereocenters. The summed E-state index contributed by atoms with van der Waals surface area (Å²) in [5, 5.41) is 10.0. The first kappa shape index (κ1) is 13.9. The fourth-order valence-corrected chi connectivity index (χ4v) is 3.72. The Morgan fingerprint density at radius 2 is 1.80 bits per heavy atom. The summed E-state index contributed by atoms with van der Waals surface area (Å²) in [5.41, 5.74) is 4.16. The molecule has 0 amide bonds. The molecule has 20 heavy (non-hydrogen) atoms. The second-order valence-electron chi connectivity index (χ2n) is 6.31. The van der Waals surface area contributed by atoms with Gasteiger partial charge < -0.3 is 10.0 Å². The minimum absolute atomic E-state index is 0.0951. The summed E-state index contributed by atoms with van der Waals surface area (Å²) in [6, 6.07) is 6.99. The van der Waals surface area contributed by atoms with Crippen LogP contribution in [0.15, 0.2) is 18.2 Å². The first-order chi connectivity index (χ1) is 9.66. The zero-order valence-electron chi connectivity index (χ0n) is 12.7. The van der Waals surface area contributed by atoms with Gasteiger partial charge in [0.2, 0.25) is 0 Å². The second kappa shape index (κ2) is 5.74. The van der Waals surface area contributed by atoms with Crippen molar-refractivity contribution in [3.8, 4) is 0 Å². The van der Waals surface area contributed by atoms with E-state index in [1.807, 2.05) is 0 Å². The van der Waals surface area contributed by atoms with E-state index in [2.05, 4.69) is 41.8 Å². The smallest absolute Gasteiger partial charge is 0.0695 e. The van der Waals surface area contributed by atoms with Crippen LogP contribution in [0.1, 0.15) is 30.4 Å². The Kier molecular flexibility index (Phi) is 3.99. The minimum atomic E-state index is -0.0951. The topological polar surface area (TPSA) is 26.7 Å². The van der Waals surface area contributed by atoms with Crippen molar-refractivity contribution in [3.05, 3.63) is 29.3 Å². The molecule has 3 heteroatoms. The summed E-state index contributed by atoms with van der Waals surface area (Å²) in [5.74, 6) is 0. The van der Waals surface area contributed by atoms with E-state index in [1.54, 1.807) is 0 Å². The minimum Gasteiger partial charge on any atom is -0.391 e. The monoisotopic (exact) mass is 274 g/mol. The molecule has 0 radical (unpaired) electrons. The molecule has 2 aliphatic rings. The SMILES string of the molecule is Cc1cccc(N2CCN([C@H]3CCC[C@@H]3O)CC2)c1C. The molecule has 0 unspecified atom stereocenters. The summed E-state index contributed by atoms with van der Waals surface area (Å²) >= 11 is 0. The van der Waals surface area contributed by atoms with Crippen LogP contribution in [-0.2, 0) is 0 Å². The Balaban J connectivity index is 1.65. The summed E-state index contributed by atoms with van der Waals surface area (Å²) < 4.78 is 0. The van der Waals surface area contributed by atoms with Crippen molar-refractivity contribution >= 4 is 5.69 Å². The van der Waals surface area contributed by atoms with Gasteiger partial charge in [0.15, 0.2) is 0 Å². The quantitative estimate of drug-likeness (QED) is 0.897. The van der Waals surface area contributed by atoms with Crippen molar-refractivity contribution in [2.24, 2.45) is 0 Å². The molecule has 3 rings (SSSR count). The van der Waals surface area contributed by atoms with E-state index < -0.39 is 0 Å². The molecule has 1 saturated heterocycles. The van der Waals surface area contributed by atoms with Gasteiger partial charge in [0.1, 0.15) is 0 Å². The molecule has 0 aromatic heterocycles. The predicted molar refractivity (Wildman–Crippen MR) is 83.3 cm³/mol. The Labute approximate surface area is 122 Å². The van der Waals surface area contributed by atoms with Gasteiger partial charge >= 0.3 is 0 Å². The number of benzene rings is 1. The van der Waals surface area contributed by atoms with Crippen LogP contribution < -0.4 is 4.90 Å². The molecule has 1 heterocycles. The van der Waals surface area contributed by atoms with E-state index in [9.17, 15) is 5.11 Å². The van der Waals surface area contributed by atoms with Gasteiger partial charge in [-0.25, -0.2) is 0 Å². The van der Waals surface area contributed by atoms with Crippen LogP contribution in [0, 0.1) is 13.8 Å². The molecule has 2 fully saturated rings. The first-order valence-corrected chi connectivity index (χ1v) is 7.90. The lowest BCUT2D eigenvalue weighted by molar-refractivity contribution is 0.0671. The molecular weight excluding hydrogens is 248 g/mol. The van der Waals surface area contributed by atoms with Gasteiger partial charge in [-0.3, -0.25) is 4.90 Å². The molecule has 3 nitrogen and oxygen atoms in total. The highest BCUT2D eigenvalue weighted by atomic mass is 16.3. The average molecular weight is 274 g/mol. The number of aryl methyl sites for hydroxylation is 1. The second-order valence-corrected chi connectivity index (χ2v) is 6.31. The first-order valence-electron chi connectivity index (χ1n) is 7.90. The molecule has 1 aliphatic heterocycles. The normalized spacial score (nSPS) is 28.1. The fraction of sp³-hybridized carbons (Fsp3) is 0.647. The Hall–Kier alpha value is -1.06. The van der Waals surface area contributed by atoms with E-state index >= 15 is 0 Å². The fourth-order valence-electron chi connectivity index (χ4n) is 3.72. The number of hydrogen-bond acceptors (Lipinski definition) is 3. The molecule has 1 N–H and O–H groups in total. The molecule has 0 bridgehead atoms. The Morgan fingerprint density at radius 1 is 1.05 bits per heavy atom. The van der Waals surface area contributed by atoms with Gasteiger partial charge in [0.05, 0.1) is 6.10 Å². The Bertz CT molecular complexity index is 466. The predicted octanol–water partition coefficient (Wildman–Crippen LogP) is 2.34. The van der Waals surface area contributed by atoms with Crippen LogP contribution in [0.4, 0.5) is 5.69 Å². The van der Waals surface area contributed by atoms with Gasteiger partial charge in [-0.05, 0) is 50.3 Å². The van der Waals surface area contributed by atoms with E-state index in [0.29, 0.717) is 6.04 Å². The van der Waals surface area contributed by atoms with Crippen LogP contribution in [0.2, 0.25) is 0 Å². The van der Waals surface area contributed by atoms with Gasteiger partial charge in [0.25, 0.3) is 0 Å². The highest BCUT2D eigenvalue weighted by Gasteiger charge is 2.32. The third-order valence-electron chi connectivity index (χ3n) is 5.14. The number of nitrogens with zero attached hydrogens (tertiary/aromatic N) is 2. The molecule has 110 valence electrons. The van der Waals surface area contributed by atoms with Gasteiger partial charge in [-0.2, -0.15) is 0 Å². The largest absolute Gasteiger partial charge is 0.391 e. The lowest BCUT2D eigenvalue weighted by Gasteiger charge is -2.40. The van der Waals surface area contributed by atoms with E-state index in [-0.39, 0.29) is 6.10 Å². The Morgan fingerprint density at radius 3 is 2.45 bits per heavy atom. The van der Waals surface area contributed by atoms with Crippen molar-refractivity contribution in [2.45, 2.75) is 45.3 Å². The van der Waals surface area contributed by atoms with Gasteiger partial charge in [-0.1, -0.05) is 12.1 Å². The van der Waals surface area contributed by atoms with E-state index in [0.717, 1.165) is 32.6 Å². The lowest BCUT2D eigenvalue weighted by atomic mass is 10.1. The molecule has 0 spiro atoms. The standard InChI is InChI=1S/C17H26N2O/c1-13-5-3-6-15(14(13)2)18-9-11-19(12-10-18)16-7-4-8-17(16)20/h3,5-6,16-17,20H,4,7-12H2,1-2H3/t16-,17-/m0/s1. The highest BCUT2D eigenvalue weighted by molar-refractivity contribution is 5.56. The van der Waals surface area contributed by atoms with Crippen LogP contribution in [0.25, 0.3) is 0 Å². The van der Waals surface area contributed by atoms with Crippen molar-refractivity contribution < 1.29 is 5.11 Å². The van der Waals surface area contributed by atoms with Crippen LogP contribution >= 0.6 is 0 Å². The number of anilines is 1. The highest BCUT2D eigenvalue weighted by Crippen LogP contribution is 2.28. The lowest BCUT2D eigenvalue weighted by Crippen LogP contribution is -2.52. The van der Waals surface area contributed by atoms with Crippen molar-refractivity contribution in [2.75, 3.05) is 31.1 Å². The summed E-state index contributed by atoms with van der Waals surface area (Å²) in [6.45, 7) is 8.72. The number of aliphatic hydroxyl groups excluding tert-OH is 1. The van der Waals surface area contributed by atoms with Crippen molar-refractivity contribution in [1.29, 1.82) is 0 Å². The maximum Gasteiger partial charge on any atom is 0.0695 e. The molecular formula is C17H26N2O. The molecule has 1 aliphatic carbocycles.